The summed E-state index contributed by atoms with van der Waals surface area (Å²) < 4.78 is 26.8. The Hall–Kier alpha value is -1.70. The topological polar surface area (TPSA) is 95.1 Å². The molecule has 0 bridgehead atoms. The highest BCUT2D eigenvalue weighted by molar-refractivity contribution is 7.90. The summed E-state index contributed by atoms with van der Waals surface area (Å²) in [4.78, 5) is 8.05. The molecule has 0 aliphatic heterocycles. The number of nitrogens with zero attached hydrogens (tertiary/aromatic N) is 1. The third-order valence-corrected chi connectivity index (χ3v) is 7.50. The lowest BCUT2D eigenvalue weighted by molar-refractivity contribution is 0.277. The van der Waals surface area contributed by atoms with Crippen LogP contribution in [0.2, 0.25) is 0 Å². The van der Waals surface area contributed by atoms with Crippen molar-refractivity contribution in [1.82, 2.24) is 14.7 Å². The minimum atomic E-state index is -3.33. The highest BCUT2D eigenvalue weighted by atomic mass is 32.2. The number of rotatable bonds is 5. The standard InChI is InChI=1S/C20H29N3O3S/c1-20(2,3)27(25,26)23-16-11-9-15(10-12-16)19-21-17(13-24)18(22-19)14-7-5-4-6-8-14/h4-8,15-16,23-24H,9-13H2,1-3H3,(H,21,22)/t15-,16-. The monoisotopic (exact) mass is 391 g/mol. The predicted molar refractivity (Wildman–Crippen MR) is 107 cm³/mol. The maximum atomic E-state index is 12.4. The van der Waals surface area contributed by atoms with Crippen LogP contribution in [0.3, 0.4) is 0 Å². The van der Waals surface area contributed by atoms with E-state index in [4.69, 9.17) is 4.98 Å². The molecule has 1 aromatic carbocycles. The van der Waals surface area contributed by atoms with Crippen LogP contribution in [0.1, 0.15) is 63.9 Å². The third-order valence-electron chi connectivity index (χ3n) is 5.24. The molecule has 27 heavy (non-hydrogen) atoms. The zero-order chi connectivity index (χ0) is 19.7. The number of imidazole rings is 1. The van der Waals surface area contributed by atoms with Gasteiger partial charge in [0.15, 0.2) is 0 Å². The number of H-pyrrole nitrogens is 1. The fraction of sp³-hybridized carbons (Fsp3) is 0.550. The molecule has 1 heterocycles. The summed E-state index contributed by atoms with van der Waals surface area (Å²) in [6.45, 7) is 5.06. The molecule has 1 aliphatic rings. The van der Waals surface area contributed by atoms with Crippen LogP contribution in [0.15, 0.2) is 30.3 Å². The largest absolute Gasteiger partial charge is 0.390 e. The minimum absolute atomic E-state index is 0.0219. The molecule has 2 aromatic rings. The lowest BCUT2D eigenvalue weighted by Crippen LogP contribution is -2.45. The summed E-state index contributed by atoms with van der Waals surface area (Å²) in [5.41, 5.74) is 2.51. The van der Waals surface area contributed by atoms with Crippen molar-refractivity contribution >= 4 is 10.0 Å². The van der Waals surface area contributed by atoms with Crippen molar-refractivity contribution in [2.24, 2.45) is 0 Å². The molecule has 0 unspecified atom stereocenters. The number of aliphatic hydroxyl groups excluding tert-OH is 1. The van der Waals surface area contributed by atoms with Crippen LogP contribution in [-0.4, -0.2) is 34.3 Å². The van der Waals surface area contributed by atoms with Gasteiger partial charge >= 0.3 is 0 Å². The molecule has 7 heteroatoms. The normalized spacial score (nSPS) is 21.3. The molecule has 1 aliphatic carbocycles. The molecular formula is C20H29N3O3S. The summed E-state index contributed by atoms with van der Waals surface area (Å²) in [5, 5.41) is 9.69. The van der Waals surface area contributed by atoms with Gasteiger partial charge in [-0.25, -0.2) is 18.1 Å². The van der Waals surface area contributed by atoms with Gasteiger partial charge in [0.05, 0.1) is 22.7 Å². The number of aromatic amines is 1. The Morgan fingerprint density at radius 3 is 2.33 bits per heavy atom. The predicted octanol–water partition coefficient (Wildman–Crippen LogP) is 3.31. The minimum Gasteiger partial charge on any atom is -0.390 e. The van der Waals surface area contributed by atoms with Crippen molar-refractivity contribution in [2.45, 2.75) is 69.8 Å². The zero-order valence-electron chi connectivity index (χ0n) is 16.2. The van der Waals surface area contributed by atoms with Gasteiger partial charge < -0.3 is 10.1 Å². The Morgan fingerprint density at radius 1 is 1.15 bits per heavy atom. The van der Waals surface area contributed by atoms with Crippen LogP contribution in [0.4, 0.5) is 0 Å². The quantitative estimate of drug-likeness (QED) is 0.729. The number of aliphatic hydroxyl groups is 1. The Balaban J connectivity index is 1.69. The van der Waals surface area contributed by atoms with Crippen molar-refractivity contribution in [3.63, 3.8) is 0 Å². The van der Waals surface area contributed by atoms with Gasteiger partial charge in [-0.2, -0.15) is 0 Å². The van der Waals surface area contributed by atoms with E-state index in [-0.39, 0.29) is 18.6 Å². The van der Waals surface area contributed by atoms with E-state index in [2.05, 4.69) is 9.71 Å². The average Bonchev–Trinajstić information content (AvgIpc) is 3.06. The first-order valence-corrected chi connectivity index (χ1v) is 11.0. The van der Waals surface area contributed by atoms with Crippen LogP contribution in [-0.2, 0) is 16.6 Å². The Kier molecular flexibility index (Phi) is 5.74. The van der Waals surface area contributed by atoms with Gasteiger partial charge in [0.2, 0.25) is 10.0 Å². The second kappa shape index (κ2) is 7.73. The fourth-order valence-corrected chi connectivity index (χ4v) is 4.48. The van der Waals surface area contributed by atoms with E-state index in [0.29, 0.717) is 0 Å². The highest BCUT2D eigenvalue weighted by Gasteiger charge is 2.33. The lowest BCUT2D eigenvalue weighted by atomic mass is 9.86. The first-order valence-electron chi connectivity index (χ1n) is 9.48. The molecule has 0 atom stereocenters. The number of hydrogen-bond donors (Lipinski definition) is 3. The molecule has 1 saturated carbocycles. The molecule has 3 N–H and O–H groups in total. The van der Waals surface area contributed by atoms with Gasteiger partial charge in [0.25, 0.3) is 0 Å². The van der Waals surface area contributed by atoms with E-state index in [1.165, 1.54) is 0 Å². The SMILES string of the molecule is CC(C)(C)S(=O)(=O)N[C@H]1CC[C@H](c2nc(-c3ccccc3)c(CO)[nH]2)CC1. The van der Waals surface area contributed by atoms with E-state index in [1.807, 2.05) is 30.3 Å². The summed E-state index contributed by atoms with van der Waals surface area (Å²) in [6.07, 6.45) is 3.31. The van der Waals surface area contributed by atoms with Gasteiger partial charge in [-0.05, 0) is 46.5 Å². The van der Waals surface area contributed by atoms with Gasteiger partial charge in [-0.1, -0.05) is 30.3 Å². The number of benzene rings is 1. The molecule has 0 amide bonds. The molecule has 6 nitrogen and oxygen atoms in total. The summed E-state index contributed by atoms with van der Waals surface area (Å²) >= 11 is 0. The van der Waals surface area contributed by atoms with Crippen LogP contribution >= 0.6 is 0 Å². The Labute approximate surface area is 161 Å². The smallest absolute Gasteiger partial charge is 0.216 e. The van der Waals surface area contributed by atoms with Gasteiger partial charge in [-0.3, -0.25) is 0 Å². The Bertz CT molecular complexity index is 862. The summed E-state index contributed by atoms with van der Waals surface area (Å²) in [5.74, 6) is 1.14. The molecule has 0 radical (unpaired) electrons. The first-order chi connectivity index (χ1) is 12.7. The second-order valence-electron chi connectivity index (χ2n) is 8.26. The van der Waals surface area contributed by atoms with Crippen molar-refractivity contribution in [3.05, 3.63) is 41.9 Å². The van der Waals surface area contributed by atoms with E-state index in [0.717, 1.165) is 48.5 Å². The number of hydrogen-bond acceptors (Lipinski definition) is 4. The molecule has 3 rings (SSSR count). The van der Waals surface area contributed by atoms with E-state index in [1.54, 1.807) is 20.8 Å². The lowest BCUT2D eigenvalue weighted by Gasteiger charge is -2.30. The molecular weight excluding hydrogens is 362 g/mol. The van der Waals surface area contributed by atoms with Gasteiger partial charge in [0, 0.05) is 17.5 Å². The third kappa shape index (κ3) is 4.42. The molecule has 1 aromatic heterocycles. The maximum absolute atomic E-state index is 12.4. The van der Waals surface area contributed by atoms with Crippen molar-refractivity contribution < 1.29 is 13.5 Å². The van der Waals surface area contributed by atoms with Crippen LogP contribution in [0, 0.1) is 0 Å². The number of aromatic nitrogens is 2. The fourth-order valence-electron chi connectivity index (χ4n) is 3.45. The van der Waals surface area contributed by atoms with E-state index in [9.17, 15) is 13.5 Å². The summed E-state index contributed by atoms with van der Waals surface area (Å²) in [7, 11) is -3.33. The molecule has 0 saturated heterocycles. The molecule has 0 spiro atoms. The summed E-state index contributed by atoms with van der Waals surface area (Å²) in [6, 6.07) is 9.81. The van der Waals surface area contributed by atoms with Crippen molar-refractivity contribution in [3.8, 4) is 11.3 Å². The molecule has 1 fully saturated rings. The van der Waals surface area contributed by atoms with Gasteiger partial charge in [0.1, 0.15) is 5.82 Å². The Morgan fingerprint density at radius 2 is 1.78 bits per heavy atom. The van der Waals surface area contributed by atoms with Crippen LogP contribution in [0.5, 0.6) is 0 Å². The van der Waals surface area contributed by atoms with Crippen molar-refractivity contribution in [1.29, 1.82) is 0 Å². The van der Waals surface area contributed by atoms with Crippen LogP contribution in [0.25, 0.3) is 11.3 Å². The highest BCUT2D eigenvalue weighted by Crippen LogP contribution is 2.34. The van der Waals surface area contributed by atoms with Crippen LogP contribution < -0.4 is 4.72 Å². The maximum Gasteiger partial charge on any atom is 0.216 e. The molecule has 148 valence electrons. The van der Waals surface area contributed by atoms with Gasteiger partial charge in [-0.15, -0.1) is 0 Å². The number of nitrogens with one attached hydrogen (secondary N) is 2. The first kappa shape index (κ1) is 20.0. The second-order valence-corrected chi connectivity index (χ2v) is 10.7. The zero-order valence-corrected chi connectivity index (χ0v) is 17.0. The van der Waals surface area contributed by atoms with Crippen molar-refractivity contribution in [2.75, 3.05) is 0 Å². The van der Waals surface area contributed by atoms with E-state index >= 15 is 0 Å². The average molecular weight is 392 g/mol. The van der Waals surface area contributed by atoms with E-state index < -0.39 is 14.8 Å². The number of sulfonamides is 1.